The van der Waals surface area contributed by atoms with Crippen LogP contribution in [-0.4, -0.2) is 42.0 Å². The Morgan fingerprint density at radius 1 is 1.05 bits per heavy atom. The fourth-order valence-corrected chi connectivity index (χ4v) is 5.45. The molecule has 38 heavy (non-hydrogen) atoms. The van der Waals surface area contributed by atoms with Crippen molar-refractivity contribution in [2.75, 3.05) is 5.32 Å². The summed E-state index contributed by atoms with van der Waals surface area (Å²) in [6.07, 6.45) is 5.06. The van der Waals surface area contributed by atoms with Gasteiger partial charge in [0.1, 0.15) is 11.3 Å². The molecule has 190 valence electrons. The summed E-state index contributed by atoms with van der Waals surface area (Å²) in [6, 6.07) is 17.3. The quantitative estimate of drug-likeness (QED) is 0.178. The monoisotopic (exact) mass is 620 g/mol. The minimum absolute atomic E-state index is 0.0860. The van der Waals surface area contributed by atoms with Crippen molar-refractivity contribution in [1.82, 2.24) is 14.1 Å². The second-order valence-corrected chi connectivity index (χ2v) is 9.76. The molecule has 0 saturated carbocycles. The largest absolute Gasteiger partial charge is 0.507 e. The molecule has 0 unspecified atom stereocenters. The Balaban J connectivity index is 1.35. The van der Waals surface area contributed by atoms with Crippen LogP contribution in [0.4, 0.5) is 5.69 Å². The minimum atomic E-state index is -1.21. The van der Waals surface area contributed by atoms with E-state index in [1.54, 1.807) is 36.8 Å². The van der Waals surface area contributed by atoms with Gasteiger partial charge in [-0.1, -0.05) is 18.2 Å². The molecule has 0 fully saturated rings. The lowest BCUT2D eigenvalue weighted by Crippen LogP contribution is -2.24. The van der Waals surface area contributed by atoms with Gasteiger partial charge in [0, 0.05) is 52.3 Å². The first kappa shape index (κ1) is 25.2. The number of carbonyl (C=O) groups excluding carboxylic acids is 2. The van der Waals surface area contributed by atoms with Crippen LogP contribution < -0.4 is 5.32 Å². The number of aryl methyl sites for hydroxylation is 1. The lowest BCUT2D eigenvalue weighted by atomic mass is 10.0. The molecule has 5 aromatic rings. The van der Waals surface area contributed by atoms with Crippen LogP contribution in [-0.2, 0) is 23.1 Å². The van der Waals surface area contributed by atoms with E-state index < -0.39 is 17.7 Å². The number of carbonyl (C=O) groups is 3. The van der Waals surface area contributed by atoms with Gasteiger partial charge in [0.2, 0.25) is 5.78 Å². The molecular weight excluding hydrogens is 599 g/mol. The third-order valence-electron chi connectivity index (χ3n) is 6.23. The van der Waals surface area contributed by atoms with Gasteiger partial charge in [0.05, 0.1) is 17.5 Å². The van der Waals surface area contributed by atoms with Gasteiger partial charge in [-0.25, -0.2) is 9.78 Å². The van der Waals surface area contributed by atoms with E-state index in [1.807, 2.05) is 46.6 Å². The molecule has 0 atom stereocenters. The van der Waals surface area contributed by atoms with Crippen LogP contribution in [0.5, 0.6) is 5.75 Å². The number of hydrogen-bond donors (Lipinski definition) is 3. The highest BCUT2D eigenvalue weighted by Crippen LogP contribution is 2.37. The number of aromatic nitrogens is 3. The summed E-state index contributed by atoms with van der Waals surface area (Å²) in [4.78, 5) is 40.8. The Bertz CT molecular complexity index is 1710. The predicted octanol–water partition coefficient (Wildman–Crippen LogP) is 4.79. The number of nitrogens with one attached hydrogen (secondary N) is 1. The molecule has 3 N–H and O–H groups in total. The summed E-state index contributed by atoms with van der Waals surface area (Å²) in [5.41, 5.74) is 4.15. The van der Waals surface area contributed by atoms with Gasteiger partial charge in [0.25, 0.3) is 5.91 Å². The number of carboxylic acid groups (broad SMARTS) is 1. The van der Waals surface area contributed by atoms with Crippen molar-refractivity contribution >= 4 is 56.8 Å². The normalized spacial score (nSPS) is 11.0. The second-order valence-electron chi connectivity index (χ2n) is 8.68. The van der Waals surface area contributed by atoms with Crippen molar-refractivity contribution in [2.24, 2.45) is 7.05 Å². The molecule has 2 heterocycles. The van der Waals surface area contributed by atoms with Gasteiger partial charge < -0.3 is 24.7 Å². The van der Waals surface area contributed by atoms with Crippen LogP contribution in [0.15, 0.2) is 79.4 Å². The standard InChI is InChI=1S/C28H21IN4O5/c1-32-22-14-23(34)21(28(37)38)13-20(22)25(29)26(32)17-4-2-3-16(11-17)12-24(35)27(36)31-18-5-7-19(8-6-18)33-10-9-30-15-33/h2-11,13-15,34H,12H2,1H3,(H,31,36)(H,37,38). The van der Waals surface area contributed by atoms with Crippen LogP contribution >= 0.6 is 22.6 Å². The number of amides is 1. The Morgan fingerprint density at radius 2 is 1.82 bits per heavy atom. The number of hydrogen-bond acceptors (Lipinski definition) is 5. The first-order valence-electron chi connectivity index (χ1n) is 11.5. The summed E-state index contributed by atoms with van der Waals surface area (Å²) < 4.78 is 4.50. The fourth-order valence-electron chi connectivity index (χ4n) is 4.34. The molecule has 2 aromatic heterocycles. The Morgan fingerprint density at radius 3 is 2.50 bits per heavy atom. The molecule has 0 aliphatic carbocycles. The van der Waals surface area contributed by atoms with Crippen LogP contribution in [0.2, 0.25) is 0 Å². The molecular formula is C28H21IN4O5. The molecule has 0 bridgehead atoms. The number of imidazole rings is 1. The third kappa shape index (κ3) is 4.77. The summed E-state index contributed by atoms with van der Waals surface area (Å²) in [7, 11) is 1.82. The zero-order valence-electron chi connectivity index (χ0n) is 20.1. The van der Waals surface area contributed by atoms with Crippen molar-refractivity contribution in [1.29, 1.82) is 0 Å². The smallest absolute Gasteiger partial charge is 0.339 e. The van der Waals surface area contributed by atoms with Crippen molar-refractivity contribution in [3.63, 3.8) is 0 Å². The van der Waals surface area contributed by atoms with E-state index in [1.165, 1.54) is 12.1 Å². The van der Waals surface area contributed by atoms with E-state index in [0.717, 1.165) is 20.5 Å². The highest BCUT2D eigenvalue weighted by molar-refractivity contribution is 14.1. The highest BCUT2D eigenvalue weighted by Gasteiger charge is 2.20. The number of aromatic carboxylic acids is 1. The number of ketones is 1. The molecule has 1 amide bonds. The summed E-state index contributed by atoms with van der Waals surface area (Å²) in [5.74, 6) is -2.81. The number of benzene rings is 3. The highest BCUT2D eigenvalue weighted by atomic mass is 127. The lowest BCUT2D eigenvalue weighted by molar-refractivity contribution is -0.134. The molecule has 0 aliphatic heterocycles. The Kier molecular flexibility index (Phi) is 6.72. The number of phenols is 1. The molecule has 9 nitrogen and oxygen atoms in total. The Hall–Kier alpha value is -4.45. The molecule has 0 spiro atoms. The van der Waals surface area contributed by atoms with Crippen LogP contribution in [0, 0.1) is 3.57 Å². The number of anilines is 1. The maximum Gasteiger partial charge on any atom is 0.339 e. The van der Waals surface area contributed by atoms with Gasteiger partial charge in [-0.05, 0) is 70.1 Å². The summed E-state index contributed by atoms with van der Waals surface area (Å²) in [6.45, 7) is 0. The summed E-state index contributed by atoms with van der Waals surface area (Å²) >= 11 is 2.15. The molecule has 3 aromatic carbocycles. The van der Waals surface area contributed by atoms with Crippen LogP contribution in [0.3, 0.4) is 0 Å². The van der Waals surface area contributed by atoms with Crippen molar-refractivity contribution in [3.8, 4) is 22.7 Å². The third-order valence-corrected chi connectivity index (χ3v) is 7.32. The number of rotatable bonds is 7. The van der Waals surface area contributed by atoms with Gasteiger partial charge in [-0.2, -0.15) is 0 Å². The summed E-state index contributed by atoms with van der Waals surface area (Å²) in [5, 5.41) is 22.9. The topological polar surface area (TPSA) is 126 Å². The van der Waals surface area contributed by atoms with E-state index in [9.17, 15) is 24.6 Å². The zero-order valence-corrected chi connectivity index (χ0v) is 22.2. The lowest BCUT2D eigenvalue weighted by Gasteiger charge is -2.09. The van der Waals surface area contributed by atoms with E-state index in [2.05, 4.69) is 32.9 Å². The van der Waals surface area contributed by atoms with E-state index in [4.69, 9.17) is 0 Å². The first-order chi connectivity index (χ1) is 18.2. The van der Waals surface area contributed by atoms with Gasteiger partial charge in [-0.15, -0.1) is 0 Å². The van der Waals surface area contributed by atoms with E-state index >= 15 is 0 Å². The number of Topliss-reactive ketones (excluding diaryl/α,β-unsaturated/α-hetero) is 1. The number of halogens is 1. The second kappa shape index (κ2) is 10.1. The van der Waals surface area contributed by atoms with E-state index in [0.29, 0.717) is 22.2 Å². The number of carboxylic acids is 1. The maximum absolute atomic E-state index is 12.7. The van der Waals surface area contributed by atoms with Gasteiger partial charge >= 0.3 is 5.97 Å². The average Bonchev–Trinajstić information content (AvgIpc) is 3.51. The van der Waals surface area contributed by atoms with E-state index in [-0.39, 0.29) is 17.7 Å². The average molecular weight is 620 g/mol. The maximum atomic E-state index is 12.7. The number of fused-ring (bicyclic) bond motifs is 1. The molecule has 0 aliphatic rings. The molecule has 0 radical (unpaired) electrons. The zero-order chi connectivity index (χ0) is 27.0. The predicted molar refractivity (Wildman–Crippen MR) is 151 cm³/mol. The SMILES string of the molecule is Cn1c(-c2cccc(CC(=O)C(=O)Nc3ccc(-n4ccnc4)cc3)c2)c(I)c2cc(C(=O)O)c(O)cc21. The first-order valence-corrected chi connectivity index (χ1v) is 12.6. The van der Waals surface area contributed by atoms with Gasteiger partial charge in [-0.3, -0.25) is 9.59 Å². The molecule has 0 saturated heterocycles. The van der Waals surface area contributed by atoms with Crippen molar-refractivity contribution in [3.05, 3.63) is 94.1 Å². The van der Waals surface area contributed by atoms with Crippen molar-refractivity contribution in [2.45, 2.75) is 6.42 Å². The fraction of sp³-hybridized carbons (Fsp3) is 0.0714. The Labute approximate surface area is 230 Å². The van der Waals surface area contributed by atoms with Crippen LogP contribution in [0.1, 0.15) is 15.9 Å². The molecule has 10 heteroatoms. The van der Waals surface area contributed by atoms with Crippen LogP contribution in [0.25, 0.3) is 27.8 Å². The van der Waals surface area contributed by atoms with Gasteiger partial charge in [0.15, 0.2) is 0 Å². The van der Waals surface area contributed by atoms with Crippen molar-refractivity contribution < 1.29 is 24.6 Å². The number of aromatic hydroxyl groups is 1. The number of nitrogens with zero attached hydrogens (tertiary/aromatic N) is 3. The molecule has 5 rings (SSSR count). The minimum Gasteiger partial charge on any atom is -0.507 e.